The van der Waals surface area contributed by atoms with Crippen molar-refractivity contribution >= 4 is 11.8 Å². The summed E-state index contributed by atoms with van der Waals surface area (Å²) in [5.74, 6) is 0.958. The van der Waals surface area contributed by atoms with Crippen molar-refractivity contribution < 1.29 is 0 Å². The fourth-order valence-corrected chi connectivity index (χ4v) is 2.63. The maximum atomic E-state index is 9.39. The van der Waals surface area contributed by atoms with E-state index >= 15 is 0 Å². The lowest BCUT2D eigenvalue weighted by atomic mass is 10.2. The average Bonchev–Trinajstić information content (AvgIpc) is 2.70. The van der Waals surface area contributed by atoms with Crippen LogP contribution in [-0.2, 0) is 0 Å². The minimum atomic E-state index is 0.727. The van der Waals surface area contributed by atoms with Crippen molar-refractivity contribution in [3.63, 3.8) is 0 Å². The van der Waals surface area contributed by atoms with Crippen molar-refractivity contribution in [3.05, 3.63) is 41.5 Å². The molecule has 18 heavy (non-hydrogen) atoms. The van der Waals surface area contributed by atoms with Gasteiger partial charge < -0.3 is 4.57 Å². The molecular weight excluding hydrogens is 242 g/mol. The summed E-state index contributed by atoms with van der Waals surface area (Å²) in [6.07, 6.45) is 1.78. The molecule has 92 valence electrons. The van der Waals surface area contributed by atoms with Crippen LogP contribution in [0.3, 0.4) is 0 Å². The fourth-order valence-electron chi connectivity index (χ4n) is 1.85. The Labute approximate surface area is 111 Å². The van der Waals surface area contributed by atoms with Gasteiger partial charge in [-0.05, 0) is 31.7 Å². The number of nitrogens with zero attached hydrogens (tertiary/aromatic N) is 3. The summed E-state index contributed by atoms with van der Waals surface area (Å²) in [5, 5.41) is 9.39. The molecule has 0 bridgehead atoms. The van der Waals surface area contributed by atoms with Crippen molar-refractivity contribution in [3.8, 4) is 11.8 Å². The second-order valence-electron chi connectivity index (χ2n) is 3.98. The summed E-state index contributed by atoms with van der Waals surface area (Å²) in [6, 6.07) is 8.26. The maximum Gasteiger partial charge on any atom is 0.103 e. The highest BCUT2D eigenvalue weighted by atomic mass is 32.2. The predicted octanol–water partition coefficient (Wildman–Crippen LogP) is 3.47. The van der Waals surface area contributed by atoms with E-state index in [0.29, 0.717) is 0 Å². The van der Waals surface area contributed by atoms with E-state index in [-0.39, 0.29) is 0 Å². The molecule has 0 N–H and O–H groups in total. The van der Waals surface area contributed by atoms with E-state index in [1.165, 1.54) is 0 Å². The molecule has 4 heteroatoms. The van der Waals surface area contributed by atoms with E-state index in [0.717, 1.165) is 33.3 Å². The van der Waals surface area contributed by atoms with Gasteiger partial charge in [-0.3, -0.25) is 0 Å². The molecule has 0 saturated carbocycles. The van der Waals surface area contributed by atoms with E-state index in [2.05, 4.69) is 18.0 Å². The van der Waals surface area contributed by atoms with Gasteiger partial charge in [-0.2, -0.15) is 5.26 Å². The number of rotatable bonds is 3. The monoisotopic (exact) mass is 257 g/mol. The third-order valence-electron chi connectivity index (χ3n) is 2.93. The SMILES string of the molecule is CCSc1cccc(-n2cnc(C)c2C)c1C#N. The van der Waals surface area contributed by atoms with Crippen LogP contribution in [0.5, 0.6) is 0 Å². The molecular formula is C14H15N3S. The molecule has 0 fully saturated rings. The second kappa shape index (κ2) is 5.28. The Hall–Kier alpha value is -1.73. The molecule has 1 heterocycles. The smallest absolute Gasteiger partial charge is 0.103 e. The topological polar surface area (TPSA) is 41.6 Å². The molecule has 3 nitrogen and oxygen atoms in total. The molecule has 0 aliphatic rings. The van der Waals surface area contributed by atoms with Gasteiger partial charge in [0.2, 0.25) is 0 Å². The molecule has 1 aromatic carbocycles. The highest BCUT2D eigenvalue weighted by Gasteiger charge is 2.12. The van der Waals surface area contributed by atoms with Crippen LogP contribution in [0.25, 0.3) is 5.69 Å². The quantitative estimate of drug-likeness (QED) is 0.791. The van der Waals surface area contributed by atoms with Crippen molar-refractivity contribution in [1.82, 2.24) is 9.55 Å². The summed E-state index contributed by atoms with van der Waals surface area (Å²) < 4.78 is 1.98. The summed E-state index contributed by atoms with van der Waals surface area (Å²) in [4.78, 5) is 5.32. The summed E-state index contributed by atoms with van der Waals surface area (Å²) >= 11 is 1.69. The molecule has 0 atom stereocenters. The molecule has 2 aromatic rings. The molecule has 0 spiro atoms. The highest BCUT2D eigenvalue weighted by Crippen LogP contribution is 2.27. The first-order chi connectivity index (χ1) is 8.69. The fraction of sp³-hybridized carbons (Fsp3) is 0.286. The van der Waals surface area contributed by atoms with Gasteiger partial charge in [0.05, 0.1) is 23.3 Å². The molecule has 0 amide bonds. The van der Waals surface area contributed by atoms with Crippen molar-refractivity contribution in [1.29, 1.82) is 5.26 Å². The van der Waals surface area contributed by atoms with Gasteiger partial charge >= 0.3 is 0 Å². The van der Waals surface area contributed by atoms with Gasteiger partial charge in [0.25, 0.3) is 0 Å². The van der Waals surface area contributed by atoms with E-state index in [1.54, 1.807) is 18.1 Å². The van der Waals surface area contributed by atoms with E-state index in [1.807, 2.05) is 36.6 Å². The summed E-state index contributed by atoms with van der Waals surface area (Å²) in [6.45, 7) is 6.08. The van der Waals surface area contributed by atoms with Gasteiger partial charge in [-0.1, -0.05) is 13.0 Å². The molecule has 2 rings (SSSR count). The highest BCUT2D eigenvalue weighted by molar-refractivity contribution is 7.99. The van der Waals surface area contributed by atoms with E-state index in [4.69, 9.17) is 0 Å². The maximum absolute atomic E-state index is 9.39. The Morgan fingerprint density at radius 2 is 2.17 bits per heavy atom. The molecule has 0 saturated heterocycles. The minimum absolute atomic E-state index is 0.727. The Balaban J connectivity index is 2.62. The number of imidazole rings is 1. The number of nitriles is 1. The lowest BCUT2D eigenvalue weighted by Gasteiger charge is -2.10. The van der Waals surface area contributed by atoms with Crippen molar-refractivity contribution in [2.24, 2.45) is 0 Å². The first kappa shape index (κ1) is 12.7. The summed E-state index contributed by atoms with van der Waals surface area (Å²) in [5.41, 5.74) is 3.71. The van der Waals surface area contributed by atoms with Crippen LogP contribution >= 0.6 is 11.8 Å². The molecule has 0 aliphatic carbocycles. The Morgan fingerprint density at radius 1 is 1.39 bits per heavy atom. The van der Waals surface area contributed by atoms with Crippen LogP contribution < -0.4 is 0 Å². The number of thioether (sulfide) groups is 1. The number of hydrogen-bond donors (Lipinski definition) is 0. The molecule has 0 aliphatic heterocycles. The van der Waals surface area contributed by atoms with Crippen molar-refractivity contribution in [2.45, 2.75) is 25.7 Å². The van der Waals surface area contributed by atoms with E-state index < -0.39 is 0 Å². The van der Waals surface area contributed by atoms with Crippen LogP contribution in [0.4, 0.5) is 0 Å². The van der Waals surface area contributed by atoms with Crippen LogP contribution in [-0.4, -0.2) is 15.3 Å². The molecule has 0 radical (unpaired) electrons. The lowest BCUT2D eigenvalue weighted by molar-refractivity contribution is 0.988. The van der Waals surface area contributed by atoms with Gasteiger partial charge in [-0.15, -0.1) is 11.8 Å². The van der Waals surface area contributed by atoms with Gasteiger partial charge in [0.15, 0.2) is 0 Å². The molecule has 0 unspecified atom stereocenters. The zero-order valence-corrected chi connectivity index (χ0v) is 11.6. The zero-order valence-electron chi connectivity index (χ0n) is 10.8. The van der Waals surface area contributed by atoms with Crippen molar-refractivity contribution in [2.75, 3.05) is 5.75 Å². The standard InChI is InChI=1S/C14H15N3S/c1-4-18-14-7-5-6-13(12(14)8-15)17-9-16-10(2)11(17)3/h5-7,9H,4H2,1-3H3. The third kappa shape index (κ3) is 2.14. The lowest BCUT2D eigenvalue weighted by Crippen LogP contribution is -2.00. The normalized spacial score (nSPS) is 10.3. The third-order valence-corrected chi connectivity index (χ3v) is 3.87. The van der Waals surface area contributed by atoms with E-state index in [9.17, 15) is 5.26 Å². The van der Waals surface area contributed by atoms with Crippen LogP contribution in [0, 0.1) is 25.2 Å². The number of aromatic nitrogens is 2. The predicted molar refractivity (Wildman–Crippen MR) is 74.2 cm³/mol. The molecule has 1 aromatic heterocycles. The van der Waals surface area contributed by atoms with Crippen LogP contribution in [0.1, 0.15) is 23.9 Å². The van der Waals surface area contributed by atoms with Gasteiger partial charge in [0, 0.05) is 10.6 Å². The van der Waals surface area contributed by atoms with Crippen LogP contribution in [0.15, 0.2) is 29.4 Å². The number of hydrogen-bond acceptors (Lipinski definition) is 3. The average molecular weight is 257 g/mol. The zero-order chi connectivity index (χ0) is 13.1. The number of benzene rings is 1. The Bertz CT molecular complexity index is 608. The first-order valence-corrected chi connectivity index (χ1v) is 6.84. The number of aryl methyl sites for hydroxylation is 1. The van der Waals surface area contributed by atoms with Crippen LogP contribution in [0.2, 0.25) is 0 Å². The first-order valence-electron chi connectivity index (χ1n) is 5.85. The van der Waals surface area contributed by atoms with Gasteiger partial charge in [-0.25, -0.2) is 4.98 Å². The Kier molecular flexibility index (Phi) is 3.73. The second-order valence-corrected chi connectivity index (χ2v) is 5.29. The van der Waals surface area contributed by atoms with Gasteiger partial charge in [0.1, 0.15) is 6.07 Å². The Morgan fingerprint density at radius 3 is 2.72 bits per heavy atom. The minimum Gasteiger partial charge on any atom is -0.302 e. The largest absolute Gasteiger partial charge is 0.302 e. The summed E-state index contributed by atoms with van der Waals surface area (Å²) in [7, 11) is 0.